The zero-order valence-corrected chi connectivity index (χ0v) is 19.1. The molecule has 2 aromatic heterocycles. The molecule has 1 atom stereocenters. The van der Waals surface area contributed by atoms with Crippen LogP contribution in [-0.4, -0.2) is 33.8 Å². The Bertz CT molecular complexity index is 1470. The predicted molar refractivity (Wildman–Crippen MR) is 128 cm³/mol. The van der Waals surface area contributed by atoms with Crippen molar-refractivity contribution in [1.29, 1.82) is 0 Å². The Morgan fingerprint density at radius 3 is 2.62 bits per heavy atom. The van der Waals surface area contributed by atoms with E-state index in [9.17, 15) is 24.8 Å². The molecule has 0 radical (unpaired) electrons. The highest BCUT2D eigenvalue weighted by atomic mass is 32.1. The van der Waals surface area contributed by atoms with Gasteiger partial charge in [-0.1, -0.05) is 17.4 Å². The van der Waals surface area contributed by atoms with E-state index in [0.29, 0.717) is 21.7 Å². The Balaban J connectivity index is 1.66. The number of fused-ring (bicyclic) bond motifs is 1. The number of nitro benzene ring substituents is 1. The van der Waals surface area contributed by atoms with Crippen LogP contribution in [0, 0.1) is 10.1 Å². The number of Topliss-reactive ketones (excluding diaryl/α,β-unsaturated/α-hetero) is 1. The number of thiazole rings is 1. The highest BCUT2D eigenvalue weighted by molar-refractivity contribution is 7.22. The molecule has 0 bridgehead atoms. The zero-order valence-electron chi connectivity index (χ0n) is 17.5. The summed E-state index contributed by atoms with van der Waals surface area (Å²) in [5.74, 6) is -1.31. The van der Waals surface area contributed by atoms with Crippen LogP contribution in [0.1, 0.15) is 21.3 Å². The van der Waals surface area contributed by atoms with Gasteiger partial charge in [0.1, 0.15) is 5.75 Å². The predicted octanol–water partition coefficient (Wildman–Crippen LogP) is 5.06. The van der Waals surface area contributed by atoms with Crippen LogP contribution in [0.25, 0.3) is 10.2 Å². The number of ether oxygens (including phenoxy) is 1. The van der Waals surface area contributed by atoms with Crippen LogP contribution in [0.5, 0.6) is 5.75 Å². The Kier molecular flexibility index (Phi) is 5.34. The van der Waals surface area contributed by atoms with Gasteiger partial charge in [-0.25, -0.2) is 4.98 Å². The maximum atomic E-state index is 13.3. The largest absolute Gasteiger partial charge is 0.503 e. The molecule has 2 aromatic carbocycles. The molecule has 9 nitrogen and oxygen atoms in total. The minimum atomic E-state index is -1.01. The molecule has 1 aliphatic heterocycles. The summed E-state index contributed by atoms with van der Waals surface area (Å²) in [6, 6.07) is 13.1. The summed E-state index contributed by atoms with van der Waals surface area (Å²) in [7, 11) is 1.54. The minimum Gasteiger partial charge on any atom is -0.503 e. The summed E-state index contributed by atoms with van der Waals surface area (Å²) < 4.78 is 6.01. The van der Waals surface area contributed by atoms with Gasteiger partial charge in [-0.3, -0.25) is 24.6 Å². The van der Waals surface area contributed by atoms with E-state index < -0.39 is 28.4 Å². The van der Waals surface area contributed by atoms with Gasteiger partial charge < -0.3 is 9.84 Å². The van der Waals surface area contributed by atoms with Crippen LogP contribution < -0.4 is 9.64 Å². The first-order chi connectivity index (χ1) is 16.4. The summed E-state index contributed by atoms with van der Waals surface area (Å²) in [5.41, 5.74) is 0.817. The fourth-order valence-electron chi connectivity index (χ4n) is 3.79. The lowest BCUT2D eigenvalue weighted by molar-refractivity contribution is -0.384. The zero-order chi connectivity index (χ0) is 24.0. The molecular weight excluding hydrogens is 478 g/mol. The van der Waals surface area contributed by atoms with E-state index in [4.69, 9.17) is 4.74 Å². The van der Waals surface area contributed by atoms with Gasteiger partial charge >= 0.3 is 0 Å². The van der Waals surface area contributed by atoms with Crippen LogP contribution in [-0.2, 0) is 4.79 Å². The second kappa shape index (κ2) is 8.36. The molecule has 0 saturated heterocycles. The number of hydrogen-bond acceptors (Lipinski definition) is 9. The third-order valence-corrected chi connectivity index (χ3v) is 7.29. The van der Waals surface area contributed by atoms with Crippen molar-refractivity contribution in [1.82, 2.24) is 4.98 Å². The van der Waals surface area contributed by atoms with Crippen LogP contribution >= 0.6 is 22.7 Å². The molecule has 11 heteroatoms. The van der Waals surface area contributed by atoms with Crippen molar-refractivity contribution >= 4 is 55.4 Å². The molecule has 0 unspecified atom stereocenters. The number of amides is 1. The lowest BCUT2D eigenvalue weighted by Gasteiger charge is -2.24. The van der Waals surface area contributed by atoms with Gasteiger partial charge in [-0.15, -0.1) is 11.3 Å². The molecule has 1 amide bonds. The van der Waals surface area contributed by atoms with Gasteiger partial charge in [0.2, 0.25) is 5.78 Å². The lowest BCUT2D eigenvalue weighted by Crippen LogP contribution is -2.30. The number of hydrogen-bond donors (Lipinski definition) is 1. The lowest BCUT2D eigenvalue weighted by atomic mass is 9.95. The molecule has 5 rings (SSSR count). The second-order valence-electron chi connectivity index (χ2n) is 7.33. The molecule has 1 N–H and O–H groups in total. The highest BCUT2D eigenvalue weighted by Crippen LogP contribution is 2.45. The molecule has 170 valence electrons. The van der Waals surface area contributed by atoms with E-state index >= 15 is 0 Å². The molecule has 0 saturated carbocycles. The smallest absolute Gasteiger partial charge is 0.296 e. The Morgan fingerprint density at radius 2 is 1.97 bits per heavy atom. The summed E-state index contributed by atoms with van der Waals surface area (Å²) >= 11 is 2.40. The van der Waals surface area contributed by atoms with E-state index in [-0.39, 0.29) is 16.4 Å². The molecule has 4 aromatic rings. The standard InChI is InChI=1S/C23H15N3O6S2/c1-32-14-8-9-15-17(11-14)34-23(24-15)25-19(12-4-6-13(7-5-12)26(30)31)18(21(28)22(25)29)20(27)16-3-2-10-33-16/h2-11,19,28H,1H3/t19-/m0/s1. The molecular formula is C23H15N3O6S2. The van der Waals surface area contributed by atoms with E-state index in [2.05, 4.69) is 4.98 Å². The fourth-order valence-corrected chi connectivity index (χ4v) is 5.49. The van der Waals surface area contributed by atoms with Crippen molar-refractivity contribution < 1.29 is 24.4 Å². The monoisotopic (exact) mass is 493 g/mol. The van der Waals surface area contributed by atoms with E-state index in [1.54, 1.807) is 42.8 Å². The second-order valence-corrected chi connectivity index (χ2v) is 9.28. The Morgan fingerprint density at radius 1 is 1.21 bits per heavy atom. The first-order valence-corrected chi connectivity index (χ1v) is 11.6. The first-order valence-electron chi connectivity index (χ1n) is 9.93. The number of nitrogens with zero attached hydrogens (tertiary/aromatic N) is 3. The average molecular weight is 494 g/mol. The molecule has 3 heterocycles. The number of anilines is 1. The summed E-state index contributed by atoms with van der Waals surface area (Å²) in [6.45, 7) is 0. The molecule has 0 aliphatic carbocycles. The SMILES string of the molecule is COc1ccc2nc(N3C(=O)C(O)=C(C(=O)c4cccs4)[C@@H]3c3ccc([N+](=O)[O-])cc3)sc2c1. The number of aliphatic hydroxyl groups is 1. The third-order valence-electron chi connectivity index (χ3n) is 5.41. The summed E-state index contributed by atoms with van der Waals surface area (Å²) in [6.07, 6.45) is 0. The molecule has 0 spiro atoms. The van der Waals surface area contributed by atoms with Crippen molar-refractivity contribution in [2.45, 2.75) is 6.04 Å². The number of rotatable bonds is 6. The molecule has 0 fully saturated rings. The number of thiophene rings is 1. The van der Waals surface area contributed by atoms with Crippen molar-refractivity contribution in [2.24, 2.45) is 0 Å². The normalized spacial score (nSPS) is 15.9. The topological polar surface area (TPSA) is 123 Å². The van der Waals surface area contributed by atoms with E-state index in [1.807, 2.05) is 0 Å². The number of carbonyl (C=O) groups is 2. The maximum Gasteiger partial charge on any atom is 0.296 e. The fraction of sp³-hybridized carbons (Fsp3) is 0.0870. The van der Waals surface area contributed by atoms with Gasteiger partial charge in [-0.2, -0.15) is 0 Å². The third kappa shape index (κ3) is 3.51. The average Bonchev–Trinajstić information content (AvgIpc) is 3.57. The molecule has 34 heavy (non-hydrogen) atoms. The minimum absolute atomic E-state index is 0.0989. The summed E-state index contributed by atoms with van der Waals surface area (Å²) in [4.78, 5) is 43.3. The van der Waals surface area contributed by atoms with Crippen LogP contribution in [0.3, 0.4) is 0 Å². The van der Waals surface area contributed by atoms with Gasteiger partial charge in [0.15, 0.2) is 10.9 Å². The first kappa shape index (κ1) is 21.7. The van der Waals surface area contributed by atoms with Crippen molar-refractivity contribution in [2.75, 3.05) is 12.0 Å². The van der Waals surface area contributed by atoms with Crippen molar-refractivity contribution in [3.05, 3.63) is 91.9 Å². The van der Waals surface area contributed by atoms with Crippen molar-refractivity contribution in [3.8, 4) is 5.75 Å². The van der Waals surface area contributed by atoms with Crippen molar-refractivity contribution in [3.63, 3.8) is 0 Å². The summed E-state index contributed by atoms with van der Waals surface area (Å²) in [5, 5.41) is 23.9. The van der Waals surface area contributed by atoms with Crippen LogP contribution in [0.4, 0.5) is 10.8 Å². The number of nitro groups is 1. The number of aromatic nitrogens is 1. The maximum absolute atomic E-state index is 13.3. The van der Waals surface area contributed by atoms with Gasteiger partial charge in [0.25, 0.3) is 11.6 Å². The van der Waals surface area contributed by atoms with Gasteiger partial charge in [-0.05, 0) is 47.3 Å². The number of non-ortho nitro benzene ring substituents is 1. The van der Waals surface area contributed by atoms with Gasteiger partial charge in [0, 0.05) is 12.1 Å². The highest BCUT2D eigenvalue weighted by Gasteiger charge is 2.46. The Labute approximate surface area is 200 Å². The number of carbonyl (C=O) groups excluding carboxylic acids is 2. The number of aliphatic hydroxyl groups excluding tert-OH is 1. The molecule has 1 aliphatic rings. The van der Waals surface area contributed by atoms with E-state index in [0.717, 1.165) is 4.70 Å². The number of ketones is 1. The number of methoxy groups -OCH3 is 1. The Hall–Kier alpha value is -4.09. The quantitative estimate of drug-likeness (QED) is 0.226. The van der Waals surface area contributed by atoms with E-state index in [1.165, 1.54) is 51.8 Å². The van der Waals surface area contributed by atoms with Gasteiger partial charge in [0.05, 0.1) is 38.7 Å². The van der Waals surface area contributed by atoms with Crippen LogP contribution in [0.15, 0.2) is 71.3 Å². The number of benzene rings is 2. The van der Waals surface area contributed by atoms with Crippen LogP contribution in [0.2, 0.25) is 0 Å².